The highest BCUT2D eigenvalue weighted by molar-refractivity contribution is 14.1. The van der Waals surface area contributed by atoms with Crippen molar-refractivity contribution in [2.24, 2.45) is 0 Å². The Hall–Kier alpha value is -0.350. The van der Waals surface area contributed by atoms with Gasteiger partial charge in [0.25, 0.3) is 0 Å². The first-order chi connectivity index (χ1) is 8.18. The molecule has 0 bridgehead atoms. The van der Waals surface area contributed by atoms with E-state index in [1.807, 2.05) is 0 Å². The molecule has 0 unspecified atom stereocenters. The minimum absolute atomic E-state index is 0.527. The predicted octanol–water partition coefficient (Wildman–Crippen LogP) is 5.38. The Bertz CT molecular complexity index is 575. The summed E-state index contributed by atoms with van der Waals surface area (Å²) in [5.41, 5.74) is 5.74. The first-order valence-corrected chi connectivity index (χ1v) is 7.75. The Morgan fingerprint density at radius 3 is 2.53 bits per heavy atom. The Labute approximate surface area is 124 Å². The van der Waals surface area contributed by atoms with Crippen LogP contribution in [0, 0.1) is 0 Å². The van der Waals surface area contributed by atoms with Gasteiger partial charge < -0.3 is 0 Å². The van der Waals surface area contributed by atoms with Crippen molar-refractivity contribution in [1.29, 1.82) is 0 Å². The maximum Gasteiger partial charge on any atom is 0.0217 e. The fraction of sp³-hybridized carbons (Fsp3) is 0.200. The lowest BCUT2D eigenvalue weighted by atomic mass is 9.94. The normalized spacial score (nSPS) is 18.6. The lowest BCUT2D eigenvalue weighted by molar-refractivity contribution is 0.841. The Morgan fingerprint density at radius 2 is 1.76 bits per heavy atom. The lowest BCUT2D eigenvalue weighted by Crippen LogP contribution is -2.06. The van der Waals surface area contributed by atoms with Gasteiger partial charge in [-0.1, -0.05) is 75.8 Å². The third-order valence-corrected chi connectivity index (χ3v) is 4.61. The van der Waals surface area contributed by atoms with E-state index < -0.39 is 0 Å². The van der Waals surface area contributed by atoms with Crippen molar-refractivity contribution in [1.82, 2.24) is 0 Å². The zero-order valence-electron chi connectivity index (χ0n) is 9.45. The molecule has 1 aliphatic rings. The molecular weight excluding hydrogens is 387 g/mol. The molecule has 0 N–H and O–H groups in total. The third kappa shape index (κ3) is 1.85. The highest BCUT2D eigenvalue weighted by atomic mass is 127. The van der Waals surface area contributed by atoms with Gasteiger partial charge in [0.05, 0.1) is 0 Å². The summed E-state index contributed by atoms with van der Waals surface area (Å²) in [6.07, 6.45) is 0. The van der Waals surface area contributed by atoms with E-state index in [0.29, 0.717) is 9.84 Å². The fourth-order valence-electron chi connectivity index (χ4n) is 2.71. The van der Waals surface area contributed by atoms with Crippen molar-refractivity contribution < 1.29 is 0 Å². The average molecular weight is 399 g/mol. The van der Waals surface area contributed by atoms with Crippen molar-refractivity contribution in [3.63, 3.8) is 0 Å². The van der Waals surface area contributed by atoms with E-state index in [1.54, 1.807) is 0 Å². The molecule has 0 radical (unpaired) electrons. The SMILES string of the molecule is C[C@@H](I)[C@@H]1c2ccccc2-c2ccc(Br)cc21. The summed E-state index contributed by atoms with van der Waals surface area (Å²) in [7, 11) is 0. The second-order valence-corrected chi connectivity index (χ2v) is 7.35. The molecule has 2 aromatic rings. The highest BCUT2D eigenvalue weighted by Gasteiger charge is 2.31. The molecule has 2 atom stereocenters. The Kier molecular flexibility index (Phi) is 3.03. The van der Waals surface area contributed by atoms with Crippen molar-refractivity contribution >= 4 is 38.5 Å². The van der Waals surface area contributed by atoms with Crippen LogP contribution in [0.15, 0.2) is 46.9 Å². The van der Waals surface area contributed by atoms with E-state index in [4.69, 9.17) is 0 Å². The van der Waals surface area contributed by atoms with E-state index in [0.717, 1.165) is 0 Å². The maximum absolute atomic E-state index is 3.58. The van der Waals surface area contributed by atoms with Gasteiger partial charge in [0.2, 0.25) is 0 Å². The van der Waals surface area contributed by atoms with E-state index >= 15 is 0 Å². The standard InChI is InChI=1S/C15H12BrI/c1-9(17)15-13-5-3-2-4-11(13)12-7-6-10(16)8-14(12)15/h2-9,15H,1H3/t9-,15-/m1/s1. The summed E-state index contributed by atoms with van der Waals surface area (Å²) >= 11 is 6.12. The molecule has 86 valence electrons. The lowest BCUT2D eigenvalue weighted by Gasteiger charge is -2.16. The van der Waals surface area contributed by atoms with Crippen LogP contribution in [-0.2, 0) is 0 Å². The highest BCUT2D eigenvalue weighted by Crippen LogP contribution is 2.48. The second kappa shape index (κ2) is 4.39. The summed E-state index contributed by atoms with van der Waals surface area (Å²) in [5.74, 6) is 0.527. The van der Waals surface area contributed by atoms with Crippen LogP contribution in [0.1, 0.15) is 24.0 Å². The number of benzene rings is 2. The first kappa shape index (κ1) is 11.7. The molecule has 17 heavy (non-hydrogen) atoms. The molecular formula is C15H12BrI. The fourth-order valence-corrected chi connectivity index (χ4v) is 3.87. The van der Waals surface area contributed by atoms with Gasteiger partial charge in [-0.05, 0) is 34.4 Å². The number of hydrogen-bond acceptors (Lipinski definition) is 0. The van der Waals surface area contributed by atoms with Crippen molar-refractivity contribution in [2.75, 3.05) is 0 Å². The molecule has 0 fully saturated rings. The minimum Gasteiger partial charge on any atom is -0.0819 e. The average Bonchev–Trinajstić information content (AvgIpc) is 2.62. The van der Waals surface area contributed by atoms with Crippen LogP contribution >= 0.6 is 38.5 Å². The Morgan fingerprint density at radius 1 is 1.06 bits per heavy atom. The van der Waals surface area contributed by atoms with Crippen LogP contribution in [-0.4, -0.2) is 3.92 Å². The zero-order valence-corrected chi connectivity index (χ0v) is 13.2. The van der Waals surface area contributed by atoms with Gasteiger partial charge in [0.15, 0.2) is 0 Å². The van der Waals surface area contributed by atoms with Gasteiger partial charge in [0.1, 0.15) is 0 Å². The maximum atomic E-state index is 3.58. The van der Waals surface area contributed by atoms with E-state index in [1.165, 1.54) is 26.7 Å². The summed E-state index contributed by atoms with van der Waals surface area (Å²) in [6.45, 7) is 2.29. The number of rotatable bonds is 1. The Balaban J connectivity index is 2.29. The van der Waals surface area contributed by atoms with Gasteiger partial charge in [-0.15, -0.1) is 0 Å². The number of hydrogen-bond donors (Lipinski definition) is 0. The van der Waals surface area contributed by atoms with E-state index in [-0.39, 0.29) is 0 Å². The summed E-state index contributed by atoms with van der Waals surface area (Å²) < 4.78 is 1.77. The molecule has 0 spiro atoms. The third-order valence-electron chi connectivity index (χ3n) is 3.39. The zero-order chi connectivity index (χ0) is 12.0. The van der Waals surface area contributed by atoms with E-state index in [2.05, 4.69) is 87.9 Å². The monoisotopic (exact) mass is 398 g/mol. The molecule has 1 aliphatic carbocycles. The molecule has 0 saturated heterocycles. The van der Waals surface area contributed by atoms with Crippen molar-refractivity contribution in [3.8, 4) is 11.1 Å². The largest absolute Gasteiger partial charge is 0.0819 e. The van der Waals surface area contributed by atoms with Gasteiger partial charge in [-0.2, -0.15) is 0 Å². The van der Waals surface area contributed by atoms with Crippen LogP contribution in [0.3, 0.4) is 0 Å². The molecule has 0 amide bonds. The van der Waals surface area contributed by atoms with E-state index in [9.17, 15) is 0 Å². The van der Waals surface area contributed by atoms with Crippen LogP contribution in [0.2, 0.25) is 0 Å². The van der Waals surface area contributed by atoms with Crippen LogP contribution < -0.4 is 0 Å². The van der Waals surface area contributed by atoms with Gasteiger partial charge in [-0.3, -0.25) is 0 Å². The predicted molar refractivity (Wildman–Crippen MR) is 84.9 cm³/mol. The van der Waals surface area contributed by atoms with Gasteiger partial charge in [0, 0.05) is 14.3 Å². The molecule has 0 aromatic heterocycles. The molecule has 3 rings (SSSR count). The molecule has 0 heterocycles. The van der Waals surface area contributed by atoms with Gasteiger partial charge >= 0.3 is 0 Å². The minimum atomic E-state index is 0.527. The molecule has 2 heteroatoms. The number of fused-ring (bicyclic) bond motifs is 3. The molecule has 2 aromatic carbocycles. The first-order valence-electron chi connectivity index (χ1n) is 5.71. The van der Waals surface area contributed by atoms with Crippen LogP contribution in [0.25, 0.3) is 11.1 Å². The summed E-state index contributed by atoms with van der Waals surface area (Å²) in [6, 6.07) is 15.4. The van der Waals surface area contributed by atoms with Crippen LogP contribution in [0.4, 0.5) is 0 Å². The van der Waals surface area contributed by atoms with Crippen LogP contribution in [0.5, 0.6) is 0 Å². The summed E-state index contributed by atoms with van der Waals surface area (Å²) in [4.78, 5) is 0. The molecule has 0 saturated carbocycles. The quantitative estimate of drug-likeness (QED) is 0.446. The van der Waals surface area contributed by atoms with Crippen molar-refractivity contribution in [3.05, 3.63) is 58.1 Å². The number of halogens is 2. The molecule has 0 aliphatic heterocycles. The summed E-state index contributed by atoms with van der Waals surface area (Å²) in [5, 5.41) is 0. The second-order valence-electron chi connectivity index (χ2n) is 4.47. The van der Waals surface area contributed by atoms with Crippen molar-refractivity contribution in [2.45, 2.75) is 16.8 Å². The van der Waals surface area contributed by atoms with Gasteiger partial charge in [-0.25, -0.2) is 0 Å². The smallest absolute Gasteiger partial charge is 0.0217 e. The number of alkyl halides is 1. The topological polar surface area (TPSA) is 0 Å². The molecule has 0 nitrogen and oxygen atoms in total.